The zero-order chi connectivity index (χ0) is 18.1. The van der Waals surface area contributed by atoms with Gasteiger partial charge < -0.3 is 14.5 Å². The van der Waals surface area contributed by atoms with Gasteiger partial charge in [-0.05, 0) is 72.2 Å². The molecule has 0 heterocycles. The van der Waals surface area contributed by atoms with E-state index in [4.69, 9.17) is 4.52 Å². The van der Waals surface area contributed by atoms with Crippen molar-refractivity contribution in [3.63, 3.8) is 0 Å². The Morgan fingerprint density at radius 3 is 2.21 bits per heavy atom. The van der Waals surface area contributed by atoms with Gasteiger partial charge in [-0.15, -0.1) is 0 Å². The third kappa shape index (κ3) is 4.62. The van der Waals surface area contributed by atoms with Crippen LogP contribution < -0.4 is 4.52 Å². The van der Waals surface area contributed by atoms with Crippen molar-refractivity contribution < 1.29 is 19.1 Å². The molecular formula is C19H25O4P. The third-order valence-corrected chi connectivity index (χ3v) is 4.59. The zero-order valence-corrected chi connectivity index (χ0v) is 15.7. The maximum Gasteiger partial charge on any atom is 0.373 e. The highest BCUT2D eigenvalue weighted by Crippen LogP contribution is 2.39. The molecule has 4 nitrogen and oxygen atoms in total. The molecule has 2 N–H and O–H groups in total. The fraction of sp³-hybridized carbons (Fsp3) is 0.368. The van der Waals surface area contributed by atoms with Crippen molar-refractivity contribution in [1.29, 1.82) is 0 Å². The average Bonchev–Trinajstić information content (AvgIpc) is 2.42. The van der Waals surface area contributed by atoms with Gasteiger partial charge in [0.1, 0.15) is 11.5 Å². The summed E-state index contributed by atoms with van der Waals surface area (Å²) in [6.07, 6.45) is 0.737. The standard InChI is InChI=1S/C19H25O4P/c1-12(2)17-10-15(6-7-19(17)20)11-18-13(3)8-16(9-14(18)4)23-24(5,21)22/h6-10,12,20H,11H2,1-5H3,(H,21,22). The molecule has 130 valence electrons. The maximum absolute atomic E-state index is 11.4. The molecule has 0 fully saturated rings. The van der Waals surface area contributed by atoms with E-state index < -0.39 is 7.60 Å². The second-order valence-corrected chi connectivity index (χ2v) is 8.44. The Bertz CT molecular complexity index is 767. The van der Waals surface area contributed by atoms with Crippen LogP contribution in [0, 0.1) is 13.8 Å². The normalized spacial score (nSPS) is 13.8. The van der Waals surface area contributed by atoms with Crippen LogP contribution in [-0.4, -0.2) is 16.7 Å². The van der Waals surface area contributed by atoms with Crippen LogP contribution in [-0.2, 0) is 11.0 Å². The van der Waals surface area contributed by atoms with Crippen LogP contribution in [0.15, 0.2) is 30.3 Å². The Balaban J connectivity index is 2.34. The average molecular weight is 348 g/mol. The molecule has 2 rings (SSSR count). The van der Waals surface area contributed by atoms with Crippen molar-refractivity contribution in [1.82, 2.24) is 0 Å². The van der Waals surface area contributed by atoms with Crippen LogP contribution in [0.4, 0.5) is 0 Å². The van der Waals surface area contributed by atoms with E-state index in [0.29, 0.717) is 11.5 Å². The van der Waals surface area contributed by atoms with Crippen LogP contribution in [0.25, 0.3) is 0 Å². The van der Waals surface area contributed by atoms with Crippen molar-refractivity contribution in [3.05, 3.63) is 58.1 Å². The van der Waals surface area contributed by atoms with Gasteiger partial charge in [-0.1, -0.05) is 26.0 Å². The summed E-state index contributed by atoms with van der Waals surface area (Å²) in [4.78, 5) is 9.38. The summed E-state index contributed by atoms with van der Waals surface area (Å²) in [7, 11) is -3.56. The van der Waals surface area contributed by atoms with Crippen molar-refractivity contribution in [2.24, 2.45) is 0 Å². The smallest absolute Gasteiger partial charge is 0.373 e. The monoisotopic (exact) mass is 348 g/mol. The van der Waals surface area contributed by atoms with E-state index in [0.717, 1.165) is 34.2 Å². The first-order chi connectivity index (χ1) is 11.1. The molecule has 0 saturated heterocycles. The molecule has 0 saturated carbocycles. The molecule has 0 aliphatic rings. The fourth-order valence-electron chi connectivity index (χ4n) is 2.86. The first-order valence-corrected chi connectivity index (χ1v) is 10.0. The summed E-state index contributed by atoms with van der Waals surface area (Å²) < 4.78 is 16.5. The lowest BCUT2D eigenvalue weighted by Gasteiger charge is -2.16. The lowest BCUT2D eigenvalue weighted by molar-refractivity contribution is 0.387. The number of phenolic OH excluding ortho intramolecular Hbond substituents is 1. The Morgan fingerprint density at radius 2 is 1.71 bits per heavy atom. The van der Waals surface area contributed by atoms with E-state index in [1.165, 1.54) is 6.66 Å². The SMILES string of the molecule is Cc1cc(OP(C)(=O)O)cc(C)c1Cc1ccc(O)c(C(C)C)c1. The summed E-state index contributed by atoms with van der Waals surface area (Å²) in [5.74, 6) is 0.995. The lowest BCUT2D eigenvalue weighted by atomic mass is 9.93. The van der Waals surface area contributed by atoms with Gasteiger partial charge in [-0.3, -0.25) is 0 Å². The molecule has 5 heteroatoms. The van der Waals surface area contributed by atoms with E-state index in [9.17, 15) is 14.6 Å². The Morgan fingerprint density at radius 1 is 1.12 bits per heavy atom. The molecule has 0 spiro atoms. The van der Waals surface area contributed by atoms with E-state index in [2.05, 4.69) is 13.8 Å². The van der Waals surface area contributed by atoms with Gasteiger partial charge in [0.2, 0.25) is 0 Å². The minimum Gasteiger partial charge on any atom is -0.508 e. The molecule has 0 amide bonds. The van der Waals surface area contributed by atoms with E-state index in [1.807, 2.05) is 26.0 Å². The number of hydrogen-bond acceptors (Lipinski definition) is 3. The summed E-state index contributed by atoms with van der Waals surface area (Å²) >= 11 is 0. The molecule has 1 unspecified atom stereocenters. The molecule has 2 aromatic carbocycles. The van der Waals surface area contributed by atoms with Gasteiger partial charge in [-0.2, -0.15) is 0 Å². The van der Waals surface area contributed by atoms with Gasteiger partial charge in [0, 0.05) is 6.66 Å². The van der Waals surface area contributed by atoms with Crippen LogP contribution in [0.5, 0.6) is 11.5 Å². The van der Waals surface area contributed by atoms with Crippen LogP contribution in [0.1, 0.15) is 47.6 Å². The van der Waals surface area contributed by atoms with E-state index in [1.54, 1.807) is 18.2 Å². The quantitative estimate of drug-likeness (QED) is 0.753. The van der Waals surface area contributed by atoms with Gasteiger partial charge in [0.25, 0.3) is 0 Å². The van der Waals surface area contributed by atoms with Crippen LogP contribution in [0.2, 0.25) is 0 Å². The van der Waals surface area contributed by atoms with Crippen LogP contribution in [0.3, 0.4) is 0 Å². The lowest BCUT2D eigenvalue weighted by Crippen LogP contribution is -1.99. The summed E-state index contributed by atoms with van der Waals surface area (Å²) in [5, 5.41) is 9.96. The molecular weight excluding hydrogens is 323 g/mol. The van der Waals surface area contributed by atoms with Crippen molar-refractivity contribution >= 4 is 7.60 Å². The van der Waals surface area contributed by atoms with Crippen molar-refractivity contribution in [2.75, 3.05) is 6.66 Å². The second kappa shape index (κ2) is 7.00. The molecule has 0 aromatic heterocycles. The third-order valence-electron chi connectivity index (χ3n) is 4.04. The molecule has 2 aromatic rings. The molecule has 0 aliphatic carbocycles. The molecule has 0 bridgehead atoms. The highest BCUT2D eigenvalue weighted by atomic mass is 31.2. The Labute approximate surface area is 143 Å². The number of phenols is 1. The largest absolute Gasteiger partial charge is 0.508 e. The molecule has 0 radical (unpaired) electrons. The summed E-state index contributed by atoms with van der Waals surface area (Å²) in [6, 6.07) is 9.29. The molecule has 1 atom stereocenters. The number of aryl methyl sites for hydroxylation is 2. The zero-order valence-electron chi connectivity index (χ0n) is 14.8. The first kappa shape index (κ1) is 18.6. The minimum absolute atomic E-state index is 0.256. The molecule has 24 heavy (non-hydrogen) atoms. The maximum atomic E-state index is 11.4. The van der Waals surface area contributed by atoms with Gasteiger partial charge in [0.15, 0.2) is 0 Å². The number of aromatic hydroxyl groups is 1. The topological polar surface area (TPSA) is 66.8 Å². The minimum atomic E-state index is -3.56. The number of benzene rings is 2. The van der Waals surface area contributed by atoms with E-state index in [-0.39, 0.29) is 5.92 Å². The predicted octanol–water partition coefficient (Wildman–Crippen LogP) is 4.92. The van der Waals surface area contributed by atoms with Crippen LogP contribution >= 0.6 is 7.60 Å². The number of hydrogen-bond donors (Lipinski definition) is 2. The molecule has 0 aliphatic heterocycles. The fourth-order valence-corrected chi connectivity index (χ4v) is 3.36. The van der Waals surface area contributed by atoms with Gasteiger partial charge >= 0.3 is 7.60 Å². The highest BCUT2D eigenvalue weighted by Gasteiger charge is 2.15. The van der Waals surface area contributed by atoms with E-state index >= 15 is 0 Å². The van der Waals surface area contributed by atoms with Gasteiger partial charge in [0.05, 0.1) is 0 Å². The van der Waals surface area contributed by atoms with Crippen molar-refractivity contribution in [3.8, 4) is 11.5 Å². The van der Waals surface area contributed by atoms with Gasteiger partial charge in [-0.25, -0.2) is 4.57 Å². The first-order valence-electron chi connectivity index (χ1n) is 7.98. The predicted molar refractivity (Wildman–Crippen MR) is 97.3 cm³/mol. The summed E-state index contributed by atoms with van der Waals surface area (Å²) in [6.45, 7) is 9.22. The summed E-state index contributed by atoms with van der Waals surface area (Å²) in [5.41, 5.74) is 5.25. The number of rotatable bonds is 5. The highest BCUT2D eigenvalue weighted by molar-refractivity contribution is 7.52. The Hall–Kier alpha value is -1.77. The van der Waals surface area contributed by atoms with Crippen molar-refractivity contribution in [2.45, 2.75) is 40.0 Å². The second-order valence-electron chi connectivity index (χ2n) is 6.65. The Kier molecular flexibility index (Phi) is 5.42.